The Hall–Kier alpha value is -2.44. The third-order valence-corrected chi connectivity index (χ3v) is 4.80. The molecule has 0 bridgehead atoms. The van der Waals surface area contributed by atoms with Crippen LogP contribution < -0.4 is 19.5 Å². The summed E-state index contributed by atoms with van der Waals surface area (Å²) in [6.45, 7) is 2.93. The second kappa shape index (κ2) is 10.9. The molecule has 2 aromatic carbocycles. The molecular weight excluding hydrogens is 392 g/mol. The number of carbonyl (C=O) groups is 1. The van der Waals surface area contributed by atoms with Gasteiger partial charge in [0.25, 0.3) is 5.91 Å². The van der Waals surface area contributed by atoms with Crippen LogP contribution in [0.2, 0.25) is 5.02 Å². The molecule has 0 saturated heterocycles. The smallest absolute Gasteiger partial charge is 0.251 e. The summed E-state index contributed by atoms with van der Waals surface area (Å²) in [7, 11) is 7.09. The Morgan fingerprint density at radius 2 is 1.83 bits per heavy atom. The molecule has 2 aromatic rings. The zero-order chi connectivity index (χ0) is 21.4. The third-order valence-electron chi connectivity index (χ3n) is 4.52. The lowest BCUT2D eigenvalue weighted by molar-refractivity contribution is 0.0941. The van der Waals surface area contributed by atoms with Crippen LogP contribution in [0.15, 0.2) is 36.4 Å². The van der Waals surface area contributed by atoms with Gasteiger partial charge in [0.15, 0.2) is 11.5 Å². The lowest BCUT2D eigenvalue weighted by Crippen LogP contribution is -2.34. The molecule has 0 fully saturated rings. The second-order valence-corrected chi connectivity index (χ2v) is 7.18. The number of likely N-dealkylation sites (N-methyl/N-ethyl adjacent to an activating group) is 1. The summed E-state index contributed by atoms with van der Waals surface area (Å²) >= 11 is 6.33. The molecule has 7 heteroatoms. The Morgan fingerprint density at radius 1 is 1.14 bits per heavy atom. The van der Waals surface area contributed by atoms with E-state index >= 15 is 0 Å². The van der Waals surface area contributed by atoms with Gasteiger partial charge >= 0.3 is 0 Å². The number of hydrogen-bond acceptors (Lipinski definition) is 5. The molecule has 0 saturated carbocycles. The predicted molar refractivity (Wildman–Crippen MR) is 116 cm³/mol. The van der Waals surface area contributed by atoms with Gasteiger partial charge in [0.05, 0.1) is 31.9 Å². The van der Waals surface area contributed by atoms with Crippen molar-refractivity contribution >= 4 is 17.5 Å². The molecule has 1 amide bonds. The molecule has 1 atom stereocenters. The van der Waals surface area contributed by atoms with Crippen LogP contribution in [0.3, 0.4) is 0 Å². The monoisotopic (exact) mass is 420 g/mol. The normalized spacial score (nSPS) is 11.8. The Kier molecular flexibility index (Phi) is 8.61. The minimum absolute atomic E-state index is 0.0559. The fraction of sp³-hybridized carbons (Fsp3) is 0.409. The zero-order valence-electron chi connectivity index (χ0n) is 17.6. The molecular formula is C22H29ClN2O4. The number of para-hydroxylation sites is 1. The molecule has 0 aliphatic rings. The molecule has 0 spiro atoms. The van der Waals surface area contributed by atoms with Crippen LogP contribution in [-0.4, -0.2) is 52.3 Å². The molecule has 1 N–H and O–H groups in total. The molecule has 6 nitrogen and oxygen atoms in total. The lowest BCUT2D eigenvalue weighted by Gasteiger charge is -2.26. The van der Waals surface area contributed by atoms with E-state index in [4.69, 9.17) is 25.8 Å². The average Bonchev–Trinajstić information content (AvgIpc) is 2.72. The van der Waals surface area contributed by atoms with E-state index < -0.39 is 0 Å². The summed E-state index contributed by atoms with van der Waals surface area (Å²) in [6.07, 6.45) is 0.844. The van der Waals surface area contributed by atoms with E-state index in [0.717, 1.165) is 17.7 Å². The van der Waals surface area contributed by atoms with Crippen molar-refractivity contribution in [2.75, 3.05) is 41.5 Å². The molecule has 1 unspecified atom stereocenters. The van der Waals surface area contributed by atoms with Crippen molar-refractivity contribution < 1.29 is 19.0 Å². The Labute approximate surface area is 177 Å². The highest BCUT2D eigenvalue weighted by molar-refractivity contribution is 6.32. The molecule has 0 radical (unpaired) electrons. The Balaban J connectivity index is 2.19. The van der Waals surface area contributed by atoms with Crippen LogP contribution in [0.25, 0.3) is 0 Å². The van der Waals surface area contributed by atoms with E-state index in [2.05, 4.69) is 5.32 Å². The van der Waals surface area contributed by atoms with E-state index in [0.29, 0.717) is 35.2 Å². The van der Waals surface area contributed by atoms with Gasteiger partial charge in [0.1, 0.15) is 5.75 Å². The van der Waals surface area contributed by atoms with Gasteiger partial charge in [0.2, 0.25) is 0 Å². The maximum atomic E-state index is 12.8. The van der Waals surface area contributed by atoms with Crippen molar-refractivity contribution in [3.8, 4) is 17.2 Å². The summed E-state index contributed by atoms with van der Waals surface area (Å²) in [6, 6.07) is 11.0. The van der Waals surface area contributed by atoms with E-state index in [9.17, 15) is 4.79 Å². The van der Waals surface area contributed by atoms with Crippen molar-refractivity contribution in [2.24, 2.45) is 0 Å². The Bertz CT molecular complexity index is 826. The zero-order valence-corrected chi connectivity index (χ0v) is 18.4. The number of halogens is 1. The number of hydrogen-bond donors (Lipinski definition) is 1. The molecule has 29 heavy (non-hydrogen) atoms. The van der Waals surface area contributed by atoms with Crippen LogP contribution in [0.5, 0.6) is 17.2 Å². The number of benzene rings is 2. The highest BCUT2D eigenvalue weighted by Gasteiger charge is 2.21. The summed E-state index contributed by atoms with van der Waals surface area (Å²) < 4.78 is 16.5. The fourth-order valence-electron chi connectivity index (χ4n) is 3.00. The number of rotatable bonds is 10. The summed E-state index contributed by atoms with van der Waals surface area (Å²) in [4.78, 5) is 14.8. The number of amides is 1. The largest absolute Gasteiger partial charge is 0.496 e. The van der Waals surface area contributed by atoms with Crippen LogP contribution in [-0.2, 0) is 0 Å². The van der Waals surface area contributed by atoms with Crippen molar-refractivity contribution in [3.63, 3.8) is 0 Å². The summed E-state index contributed by atoms with van der Waals surface area (Å²) in [5.41, 5.74) is 1.41. The Morgan fingerprint density at radius 3 is 2.45 bits per heavy atom. The number of ether oxygens (including phenoxy) is 3. The molecule has 2 rings (SSSR count). The second-order valence-electron chi connectivity index (χ2n) is 6.77. The van der Waals surface area contributed by atoms with Gasteiger partial charge in [0, 0.05) is 17.7 Å². The van der Waals surface area contributed by atoms with Gasteiger partial charge in [-0.25, -0.2) is 0 Å². The van der Waals surface area contributed by atoms with Crippen molar-refractivity contribution in [1.82, 2.24) is 10.2 Å². The van der Waals surface area contributed by atoms with E-state index in [1.807, 2.05) is 50.2 Å². The first-order valence-corrected chi connectivity index (χ1v) is 9.88. The van der Waals surface area contributed by atoms with Crippen molar-refractivity contribution in [3.05, 3.63) is 52.5 Å². The summed E-state index contributed by atoms with van der Waals surface area (Å²) in [5.74, 6) is 1.43. The SMILES string of the molecule is CCCOc1c(Cl)cc(C(=O)NCC(c2ccccc2OC)N(C)C)cc1OC. The van der Waals surface area contributed by atoms with Gasteiger partial charge < -0.3 is 24.4 Å². The highest BCUT2D eigenvalue weighted by Crippen LogP contribution is 2.36. The first-order valence-electron chi connectivity index (χ1n) is 9.50. The number of nitrogens with one attached hydrogen (secondary N) is 1. The molecule has 0 heterocycles. The molecule has 0 aliphatic carbocycles. The predicted octanol–water partition coefficient (Wildman–Crippen LogP) is 4.18. The average molecular weight is 421 g/mol. The topological polar surface area (TPSA) is 60.0 Å². The first kappa shape index (κ1) is 22.8. The van der Waals surface area contributed by atoms with Gasteiger partial charge in [-0.3, -0.25) is 4.79 Å². The standard InChI is InChI=1S/C22H29ClN2O4/c1-6-11-29-21-17(23)12-15(13-20(21)28-5)22(26)24-14-18(25(2)3)16-9-7-8-10-19(16)27-4/h7-10,12-13,18H,6,11,14H2,1-5H3,(H,24,26). The third kappa shape index (κ3) is 5.78. The highest BCUT2D eigenvalue weighted by atomic mass is 35.5. The maximum absolute atomic E-state index is 12.8. The van der Waals surface area contributed by atoms with E-state index in [1.54, 1.807) is 19.2 Å². The maximum Gasteiger partial charge on any atom is 0.251 e. The van der Waals surface area contributed by atoms with Crippen LogP contribution >= 0.6 is 11.6 Å². The molecule has 158 valence electrons. The summed E-state index contributed by atoms with van der Waals surface area (Å²) in [5, 5.41) is 3.32. The number of carbonyl (C=O) groups excluding carboxylic acids is 1. The van der Waals surface area contributed by atoms with E-state index in [-0.39, 0.29) is 11.9 Å². The first-order chi connectivity index (χ1) is 13.9. The van der Waals surface area contributed by atoms with Crippen LogP contribution in [0.4, 0.5) is 0 Å². The number of nitrogens with zero attached hydrogens (tertiary/aromatic N) is 1. The number of methoxy groups -OCH3 is 2. The van der Waals surface area contributed by atoms with Gasteiger partial charge in [-0.1, -0.05) is 36.7 Å². The molecule has 0 aliphatic heterocycles. The van der Waals surface area contributed by atoms with Gasteiger partial charge in [-0.15, -0.1) is 0 Å². The van der Waals surface area contributed by atoms with Crippen molar-refractivity contribution in [1.29, 1.82) is 0 Å². The fourth-order valence-corrected chi connectivity index (χ4v) is 3.26. The van der Waals surface area contributed by atoms with Crippen LogP contribution in [0, 0.1) is 0 Å². The molecule has 0 aromatic heterocycles. The van der Waals surface area contributed by atoms with Crippen LogP contribution in [0.1, 0.15) is 35.3 Å². The minimum Gasteiger partial charge on any atom is -0.496 e. The van der Waals surface area contributed by atoms with E-state index in [1.165, 1.54) is 7.11 Å². The van der Waals surface area contributed by atoms with Gasteiger partial charge in [-0.05, 0) is 38.7 Å². The van der Waals surface area contributed by atoms with Gasteiger partial charge in [-0.2, -0.15) is 0 Å². The quantitative estimate of drug-likeness (QED) is 0.624. The van der Waals surface area contributed by atoms with Crippen molar-refractivity contribution in [2.45, 2.75) is 19.4 Å². The minimum atomic E-state index is -0.242. The lowest BCUT2D eigenvalue weighted by atomic mass is 10.0.